The summed E-state index contributed by atoms with van der Waals surface area (Å²) in [4.78, 5) is 54.1. The van der Waals surface area contributed by atoms with Crippen LogP contribution in [0.1, 0.15) is 47.5 Å². The van der Waals surface area contributed by atoms with E-state index in [9.17, 15) is 34.5 Å². The van der Waals surface area contributed by atoms with Crippen LogP contribution < -0.4 is 0 Å². The number of methoxy groups -OCH3 is 2. The van der Waals surface area contributed by atoms with E-state index in [-0.39, 0.29) is 25.0 Å². The van der Waals surface area contributed by atoms with Crippen molar-refractivity contribution in [3.8, 4) is 0 Å². The lowest BCUT2D eigenvalue weighted by Gasteiger charge is -2.65. The monoisotopic (exact) mass is 708 g/mol. The summed E-state index contributed by atoms with van der Waals surface area (Å²) in [6, 6.07) is 0. The molecule has 3 N–H and O–H groups in total. The molecule has 7 aliphatic rings. The van der Waals surface area contributed by atoms with Gasteiger partial charge in [0, 0.05) is 48.0 Å². The van der Waals surface area contributed by atoms with E-state index in [4.69, 9.17) is 42.6 Å². The number of carbonyl (C=O) groups is 4. The van der Waals surface area contributed by atoms with E-state index in [1.54, 1.807) is 20.8 Å². The number of carbonyl (C=O) groups excluding carboxylic acids is 4. The predicted octanol–water partition coefficient (Wildman–Crippen LogP) is -0.201. The number of hydrogen-bond acceptors (Lipinski definition) is 16. The van der Waals surface area contributed by atoms with Gasteiger partial charge in [-0.15, -0.1) is 0 Å². The van der Waals surface area contributed by atoms with Gasteiger partial charge in [0.15, 0.2) is 5.60 Å². The lowest BCUT2D eigenvalue weighted by atomic mass is 9.37. The Morgan fingerprint density at radius 2 is 1.64 bits per heavy atom. The summed E-state index contributed by atoms with van der Waals surface area (Å²) < 4.78 is 53.2. The van der Waals surface area contributed by atoms with Crippen molar-refractivity contribution in [1.82, 2.24) is 0 Å². The number of hydrogen-bond donors (Lipinski definition) is 3. The van der Waals surface area contributed by atoms with Crippen LogP contribution in [0.4, 0.5) is 0 Å². The summed E-state index contributed by atoms with van der Waals surface area (Å²) in [5.41, 5.74) is -9.58. The largest absolute Gasteiger partial charge is 0.469 e. The lowest BCUT2D eigenvalue weighted by molar-refractivity contribution is -0.301. The third-order valence-corrected chi connectivity index (χ3v) is 13.0. The molecule has 5 heterocycles. The highest BCUT2D eigenvalue weighted by Crippen LogP contribution is 2.79. The Kier molecular flexibility index (Phi) is 7.73. The first-order valence-electron chi connectivity index (χ1n) is 16.6. The van der Waals surface area contributed by atoms with Gasteiger partial charge in [0.1, 0.15) is 28.8 Å². The average Bonchev–Trinajstić information content (AvgIpc) is 3.37. The quantitative estimate of drug-likeness (QED) is 0.141. The topological polar surface area (TPSA) is 215 Å². The highest BCUT2D eigenvalue weighted by Gasteiger charge is 2.92. The maximum absolute atomic E-state index is 14.1. The molecule has 0 aromatic heterocycles. The molecule has 6 fully saturated rings. The van der Waals surface area contributed by atoms with E-state index in [0.717, 1.165) is 21.1 Å². The summed E-state index contributed by atoms with van der Waals surface area (Å²) in [5, 5.41) is 36.9. The second kappa shape index (κ2) is 10.9. The molecule has 16 nitrogen and oxygen atoms in total. The van der Waals surface area contributed by atoms with Crippen molar-refractivity contribution in [1.29, 1.82) is 0 Å². The maximum atomic E-state index is 14.1. The van der Waals surface area contributed by atoms with Crippen molar-refractivity contribution in [3.63, 3.8) is 0 Å². The fourth-order valence-corrected chi connectivity index (χ4v) is 10.9. The molecule has 50 heavy (non-hydrogen) atoms. The van der Waals surface area contributed by atoms with Crippen LogP contribution >= 0.6 is 0 Å². The van der Waals surface area contributed by atoms with Gasteiger partial charge in [0.25, 0.3) is 5.79 Å². The molecule has 276 valence electrons. The van der Waals surface area contributed by atoms with Gasteiger partial charge in [-0.1, -0.05) is 13.0 Å². The standard InChI is InChI=1S/C34H44O16/c1-8-16(2)23(37)49-18-11-19(48-17(3)35)32(25(38)42-6)13-45-20-21(32)31(18)14-47-34(41,26(39)43-7)24(31)29(5,22(20)36)33-15-46-27-30(40,9-10-44-27)12-28(33,4)50-33/h8-10,18-22,24,27,36,40-41H,11-15H2,1-7H3/b16-8+/t18-,19+,20+,21+,22+,24?,27-,28-,29+,30-,31-,32-,33+,34-/m0/s1. The minimum absolute atomic E-state index is 0.0742. The number of fused-ring (bicyclic) bond motifs is 2. The first-order chi connectivity index (χ1) is 23.4. The van der Waals surface area contributed by atoms with E-state index < -0.39 is 118 Å². The molecule has 2 aliphatic carbocycles. The van der Waals surface area contributed by atoms with Crippen LogP contribution in [0.5, 0.6) is 0 Å². The fourth-order valence-electron chi connectivity index (χ4n) is 10.9. The van der Waals surface area contributed by atoms with Gasteiger partial charge in [-0.2, -0.15) is 0 Å². The van der Waals surface area contributed by atoms with E-state index in [2.05, 4.69) is 0 Å². The molecule has 0 amide bonds. The van der Waals surface area contributed by atoms with Crippen molar-refractivity contribution in [2.75, 3.05) is 34.0 Å². The molecule has 1 unspecified atom stereocenters. The molecule has 2 saturated carbocycles. The molecule has 5 aliphatic heterocycles. The van der Waals surface area contributed by atoms with Crippen molar-refractivity contribution in [2.45, 2.75) is 101 Å². The Morgan fingerprint density at radius 3 is 2.28 bits per heavy atom. The summed E-state index contributed by atoms with van der Waals surface area (Å²) in [7, 11) is 2.21. The summed E-state index contributed by atoms with van der Waals surface area (Å²) in [5.74, 6) is -9.19. The molecule has 1 spiro atoms. The second-order valence-electron chi connectivity index (χ2n) is 15.1. The Morgan fingerprint density at radius 1 is 0.940 bits per heavy atom. The summed E-state index contributed by atoms with van der Waals surface area (Å²) in [6.45, 7) is 6.45. The smallest absolute Gasteiger partial charge is 0.366 e. The van der Waals surface area contributed by atoms with E-state index in [1.807, 2.05) is 0 Å². The zero-order valence-corrected chi connectivity index (χ0v) is 29.0. The van der Waals surface area contributed by atoms with Crippen molar-refractivity contribution in [3.05, 3.63) is 24.0 Å². The van der Waals surface area contributed by atoms with Gasteiger partial charge in [-0.05, 0) is 26.8 Å². The van der Waals surface area contributed by atoms with Crippen molar-refractivity contribution < 1.29 is 77.1 Å². The molecule has 0 aromatic carbocycles. The number of aliphatic hydroxyl groups excluding tert-OH is 1. The number of rotatable bonds is 6. The third kappa shape index (κ3) is 4.01. The van der Waals surface area contributed by atoms with Gasteiger partial charge >= 0.3 is 23.9 Å². The third-order valence-electron chi connectivity index (χ3n) is 13.0. The normalized spacial score (nSPS) is 51.2. The van der Waals surface area contributed by atoms with Gasteiger partial charge < -0.3 is 58.0 Å². The second-order valence-corrected chi connectivity index (χ2v) is 15.1. The molecule has 0 bridgehead atoms. The minimum atomic E-state index is -2.83. The van der Waals surface area contributed by atoms with Gasteiger partial charge in [0.05, 0.1) is 52.5 Å². The number of esters is 4. The van der Waals surface area contributed by atoms with Crippen LogP contribution in [0.2, 0.25) is 0 Å². The first kappa shape index (κ1) is 35.3. The molecule has 0 aromatic rings. The SMILES string of the molecule is C/C=C(\C)C(=O)O[C@H]1C[C@@H](OC(C)=O)[C@@]2(C(=O)OC)CO[C@H]3[C@@H](O)[C@@](C)([C@@]45CO[C@@H]6OC=C[C@]6(O)C[C@]4(C)O5)C4[C@]1(CO[C@]4(O)C(=O)OC)[C@@H]32. The summed E-state index contributed by atoms with van der Waals surface area (Å²) in [6.07, 6.45) is -2.73. The molecule has 16 heteroatoms. The van der Waals surface area contributed by atoms with Crippen LogP contribution in [0.25, 0.3) is 0 Å². The van der Waals surface area contributed by atoms with Crippen molar-refractivity contribution in [2.24, 2.45) is 28.1 Å². The van der Waals surface area contributed by atoms with Crippen LogP contribution in [-0.2, 0) is 61.8 Å². The Bertz CT molecular complexity index is 1580. The molecular weight excluding hydrogens is 664 g/mol. The molecule has 14 atom stereocenters. The van der Waals surface area contributed by atoms with E-state index in [1.165, 1.54) is 25.3 Å². The maximum Gasteiger partial charge on any atom is 0.366 e. The highest BCUT2D eigenvalue weighted by molar-refractivity contribution is 5.88. The van der Waals surface area contributed by atoms with Gasteiger partial charge in [0.2, 0.25) is 6.29 Å². The zero-order chi connectivity index (χ0) is 36.4. The van der Waals surface area contributed by atoms with Gasteiger partial charge in [-0.25, -0.2) is 9.59 Å². The molecule has 7 rings (SSSR count). The Hall–Kier alpha value is -3.12. The first-order valence-corrected chi connectivity index (χ1v) is 16.6. The average molecular weight is 709 g/mol. The van der Waals surface area contributed by atoms with Crippen LogP contribution in [0.3, 0.4) is 0 Å². The van der Waals surface area contributed by atoms with E-state index >= 15 is 0 Å². The van der Waals surface area contributed by atoms with Crippen LogP contribution in [-0.4, -0.2) is 127 Å². The zero-order valence-electron chi connectivity index (χ0n) is 29.0. The lowest BCUT2D eigenvalue weighted by Crippen LogP contribution is -2.78. The number of ether oxygens (including phenoxy) is 9. The molecule has 0 radical (unpaired) electrons. The molecular formula is C34H44O16. The fraction of sp³-hybridized carbons (Fsp3) is 0.765. The predicted molar refractivity (Wildman–Crippen MR) is 162 cm³/mol. The Labute approximate surface area is 287 Å². The number of allylic oxidation sites excluding steroid dienone is 1. The highest BCUT2D eigenvalue weighted by atomic mass is 16.7. The van der Waals surface area contributed by atoms with E-state index in [0.29, 0.717) is 0 Å². The number of epoxide rings is 1. The summed E-state index contributed by atoms with van der Waals surface area (Å²) >= 11 is 0. The molecule has 4 saturated heterocycles. The van der Waals surface area contributed by atoms with Crippen molar-refractivity contribution >= 4 is 23.9 Å². The number of aliphatic hydroxyl groups is 3. The van der Waals surface area contributed by atoms with Crippen LogP contribution in [0, 0.1) is 28.1 Å². The Balaban J connectivity index is 1.50. The van der Waals surface area contributed by atoms with Crippen LogP contribution in [0.15, 0.2) is 24.0 Å². The van der Waals surface area contributed by atoms with Gasteiger partial charge in [-0.3, -0.25) is 9.59 Å². The minimum Gasteiger partial charge on any atom is -0.469 e.